The van der Waals surface area contributed by atoms with Crippen LogP contribution >= 0.6 is 11.6 Å². The third-order valence-electron chi connectivity index (χ3n) is 3.46. The second-order valence-electron chi connectivity index (χ2n) is 4.78. The number of aliphatic carboxylic acids is 1. The van der Waals surface area contributed by atoms with Gasteiger partial charge < -0.3 is 9.67 Å². The first-order chi connectivity index (χ1) is 9.13. The van der Waals surface area contributed by atoms with Crippen LogP contribution in [0.4, 0.5) is 0 Å². The van der Waals surface area contributed by atoms with Gasteiger partial charge in [0, 0.05) is 29.7 Å². The summed E-state index contributed by atoms with van der Waals surface area (Å²) in [5, 5.41) is 9.75. The summed E-state index contributed by atoms with van der Waals surface area (Å²) in [5.74, 6) is -0.0926. The summed E-state index contributed by atoms with van der Waals surface area (Å²) in [6, 6.07) is 7.52. The van der Waals surface area contributed by atoms with Crippen molar-refractivity contribution in [2.24, 2.45) is 5.92 Å². The molecule has 1 N–H and O–H groups in total. The quantitative estimate of drug-likeness (QED) is 0.918. The average Bonchev–Trinajstić information content (AvgIpc) is 2.81. The van der Waals surface area contributed by atoms with E-state index < -0.39 is 5.97 Å². The van der Waals surface area contributed by atoms with E-state index in [1.807, 2.05) is 35.0 Å². The maximum absolute atomic E-state index is 11.0. The van der Waals surface area contributed by atoms with Gasteiger partial charge in [0.2, 0.25) is 0 Å². The van der Waals surface area contributed by atoms with Gasteiger partial charge >= 0.3 is 5.97 Å². The Hall–Kier alpha value is -1.81. The van der Waals surface area contributed by atoms with Gasteiger partial charge in [-0.05, 0) is 18.6 Å². The normalized spacial score (nSPS) is 18.1. The van der Waals surface area contributed by atoms with Crippen molar-refractivity contribution in [2.75, 3.05) is 0 Å². The zero-order valence-electron chi connectivity index (χ0n) is 10.2. The summed E-state index contributed by atoms with van der Waals surface area (Å²) in [4.78, 5) is 15.6. The first-order valence-corrected chi connectivity index (χ1v) is 6.56. The van der Waals surface area contributed by atoms with Crippen LogP contribution < -0.4 is 0 Å². The maximum atomic E-state index is 11.0. The zero-order chi connectivity index (χ0) is 13.4. The molecule has 19 heavy (non-hydrogen) atoms. The molecule has 5 heteroatoms. The summed E-state index contributed by atoms with van der Waals surface area (Å²) in [6.07, 6.45) is 3.27. The number of carbonyl (C=O) groups is 1. The maximum Gasteiger partial charge on any atom is 0.308 e. The van der Waals surface area contributed by atoms with Gasteiger partial charge in [-0.2, -0.15) is 0 Å². The van der Waals surface area contributed by atoms with Gasteiger partial charge in [0.25, 0.3) is 0 Å². The van der Waals surface area contributed by atoms with Crippen molar-refractivity contribution in [3.63, 3.8) is 0 Å². The van der Waals surface area contributed by atoms with Crippen molar-refractivity contribution in [3.8, 4) is 11.3 Å². The van der Waals surface area contributed by atoms with E-state index in [1.54, 1.807) is 0 Å². The van der Waals surface area contributed by atoms with E-state index in [2.05, 4.69) is 4.98 Å². The van der Waals surface area contributed by atoms with Crippen LogP contribution in [0, 0.1) is 5.92 Å². The second-order valence-corrected chi connectivity index (χ2v) is 5.22. The van der Waals surface area contributed by atoms with Crippen LogP contribution in [0.25, 0.3) is 11.3 Å². The third kappa shape index (κ3) is 2.36. The summed E-state index contributed by atoms with van der Waals surface area (Å²) < 4.78 is 1.94. The molecule has 0 bridgehead atoms. The number of carboxylic acids is 1. The van der Waals surface area contributed by atoms with Gasteiger partial charge in [0.15, 0.2) is 0 Å². The van der Waals surface area contributed by atoms with Crippen molar-refractivity contribution in [2.45, 2.75) is 19.4 Å². The SMILES string of the molecule is O=C(O)C1CCc2nc(-c3cccc(Cl)c3)cn2C1. The minimum atomic E-state index is -0.733. The Bertz CT molecular complexity index is 636. The van der Waals surface area contributed by atoms with Crippen LogP contribution in [0.5, 0.6) is 0 Å². The largest absolute Gasteiger partial charge is 0.481 e. The molecule has 1 aliphatic rings. The summed E-state index contributed by atoms with van der Waals surface area (Å²) in [6.45, 7) is 0.498. The Balaban J connectivity index is 1.93. The summed E-state index contributed by atoms with van der Waals surface area (Å²) in [5.41, 5.74) is 1.81. The fourth-order valence-electron chi connectivity index (χ4n) is 2.43. The molecule has 0 aliphatic carbocycles. The van der Waals surface area contributed by atoms with Crippen molar-refractivity contribution in [3.05, 3.63) is 41.3 Å². The Labute approximate surface area is 115 Å². The number of hydrogen-bond donors (Lipinski definition) is 1. The highest BCUT2D eigenvalue weighted by Gasteiger charge is 2.25. The number of aryl methyl sites for hydroxylation is 1. The lowest BCUT2D eigenvalue weighted by Crippen LogP contribution is -2.26. The van der Waals surface area contributed by atoms with E-state index in [9.17, 15) is 4.79 Å². The minimum Gasteiger partial charge on any atom is -0.481 e. The second kappa shape index (κ2) is 4.70. The molecule has 3 rings (SSSR count). The first-order valence-electron chi connectivity index (χ1n) is 6.18. The molecule has 0 spiro atoms. The number of benzene rings is 1. The molecule has 1 atom stereocenters. The van der Waals surface area contributed by atoms with Gasteiger partial charge in [-0.25, -0.2) is 4.98 Å². The van der Waals surface area contributed by atoms with Crippen LogP contribution in [-0.4, -0.2) is 20.6 Å². The highest BCUT2D eigenvalue weighted by Crippen LogP contribution is 2.26. The van der Waals surface area contributed by atoms with E-state index in [4.69, 9.17) is 16.7 Å². The molecule has 1 aromatic heterocycles. The van der Waals surface area contributed by atoms with Gasteiger partial charge in [-0.15, -0.1) is 0 Å². The fraction of sp³-hybridized carbons (Fsp3) is 0.286. The average molecular weight is 277 g/mol. The highest BCUT2D eigenvalue weighted by atomic mass is 35.5. The van der Waals surface area contributed by atoms with E-state index in [0.29, 0.717) is 24.4 Å². The molecule has 0 saturated heterocycles. The number of aromatic nitrogens is 2. The molecule has 0 radical (unpaired) electrons. The molecule has 0 fully saturated rings. The van der Waals surface area contributed by atoms with Crippen molar-refractivity contribution >= 4 is 17.6 Å². The van der Waals surface area contributed by atoms with E-state index in [1.165, 1.54) is 0 Å². The zero-order valence-corrected chi connectivity index (χ0v) is 11.0. The fourth-order valence-corrected chi connectivity index (χ4v) is 2.62. The van der Waals surface area contributed by atoms with Crippen molar-refractivity contribution in [1.82, 2.24) is 9.55 Å². The number of rotatable bonds is 2. The number of carboxylic acid groups (broad SMARTS) is 1. The monoisotopic (exact) mass is 276 g/mol. The highest BCUT2D eigenvalue weighted by molar-refractivity contribution is 6.30. The molecular formula is C14H13ClN2O2. The molecular weight excluding hydrogens is 264 g/mol. The molecule has 2 aromatic rings. The van der Waals surface area contributed by atoms with E-state index in [-0.39, 0.29) is 5.92 Å². The third-order valence-corrected chi connectivity index (χ3v) is 3.70. The lowest BCUT2D eigenvalue weighted by molar-refractivity contribution is -0.142. The number of nitrogens with zero attached hydrogens (tertiary/aromatic N) is 2. The van der Waals surface area contributed by atoms with Crippen LogP contribution in [0.1, 0.15) is 12.2 Å². The molecule has 0 amide bonds. The van der Waals surface area contributed by atoms with Crippen LogP contribution in [0.2, 0.25) is 5.02 Å². The number of hydrogen-bond acceptors (Lipinski definition) is 2. The lowest BCUT2D eigenvalue weighted by Gasteiger charge is -2.19. The predicted molar refractivity (Wildman–Crippen MR) is 72.1 cm³/mol. The number of halogens is 1. The standard InChI is InChI=1S/C14H13ClN2O2/c15-11-3-1-2-9(6-11)12-8-17-7-10(14(18)19)4-5-13(17)16-12/h1-3,6,8,10H,4-5,7H2,(H,18,19). The number of fused-ring (bicyclic) bond motifs is 1. The van der Waals surface area contributed by atoms with Gasteiger partial charge in [0.05, 0.1) is 11.6 Å². The number of imidazole rings is 1. The molecule has 1 aromatic carbocycles. The van der Waals surface area contributed by atoms with Crippen LogP contribution in [0.15, 0.2) is 30.5 Å². The van der Waals surface area contributed by atoms with Gasteiger partial charge in [-0.3, -0.25) is 4.79 Å². The summed E-state index contributed by atoms with van der Waals surface area (Å²) in [7, 11) is 0. The van der Waals surface area contributed by atoms with Crippen LogP contribution in [-0.2, 0) is 17.8 Å². The minimum absolute atomic E-state index is 0.311. The van der Waals surface area contributed by atoms with E-state index >= 15 is 0 Å². The van der Waals surface area contributed by atoms with Crippen LogP contribution in [0.3, 0.4) is 0 Å². The summed E-state index contributed by atoms with van der Waals surface area (Å²) >= 11 is 5.97. The Morgan fingerprint density at radius 2 is 2.32 bits per heavy atom. The van der Waals surface area contributed by atoms with Crippen molar-refractivity contribution < 1.29 is 9.90 Å². The Kier molecular flexibility index (Phi) is 3.03. The molecule has 4 nitrogen and oxygen atoms in total. The predicted octanol–water partition coefficient (Wildman–Crippen LogP) is 2.85. The molecule has 98 valence electrons. The first kappa shape index (κ1) is 12.2. The molecule has 1 aliphatic heterocycles. The van der Waals surface area contributed by atoms with E-state index in [0.717, 1.165) is 17.1 Å². The van der Waals surface area contributed by atoms with Gasteiger partial charge in [-0.1, -0.05) is 23.7 Å². The Morgan fingerprint density at radius 3 is 3.05 bits per heavy atom. The molecule has 2 heterocycles. The topological polar surface area (TPSA) is 55.1 Å². The smallest absolute Gasteiger partial charge is 0.308 e. The van der Waals surface area contributed by atoms with Crippen molar-refractivity contribution in [1.29, 1.82) is 0 Å². The lowest BCUT2D eigenvalue weighted by atomic mass is 10.00. The van der Waals surface area contributed by atoms with Gasteiger partial charge in [0.1, 0.15) is 5.82 Å². The molecule has 1 unspecified atom stereocenters. The Morgan fingerprint density at radius 1 is 1.47 bits per heavy atom. The molecule has 0 saturated carbocycles.